The van der Waals surface area contributed by atoms with Crippen molar-refractivity contribution >= 4 is 23.5 Å². The largest absolute Gasteiger partial charge is 0.349 e. The van der Waals surface area contributed by atoms with Crippen LogP contribution in [0.25, 0.3) is 0 Å². The summed E-state index contributed by atoms with van der Waals surface area (Å²) in [7, 11) is 0. The highest BCUT2D eigenvalue weighted by Crippen LogP contribution is 2.23. The molecular weight excluding hydrogens is 215 g/mol. The van der Waals surface area contributed by atoms with E-state index in [0.717, 1.165) is 12.1 Å². The monoisotopic (exact) mass is 222 g/mol. The van der Waals surface area contributed by atoms with Crippen LogP contribution in [-0.4, -0.2) is 23.6 Å². The molecule has 1 N–H and O–H groups in total. The van der Waals surface area contributed by atoms with E-state index in [-0.39, 0.29) is 5.69 Å². The molecule has 2 rings (SSSR count). The second-order valence-corrected chi connectivity index (χ2v) is 3.02. The van der Waals surface area contributed by atoms with Crippen molar-refractivity contribution in [2.45, 2.75) is 0 Å². The van der Waals surface area contributed by atoms with Crippen molar-refractivity contribution in [3.63, 3.8) is 0 Å². The number of nitro groups is 1. The van der Waals surface area contributed by atoms with Gasteiger partial charge < -0.3 is 5.32 Å². The molecule has 16 heavy (non-hydrogen) atoms. The van der Waals surface area contributed by atoms with Crippen molar-refractivity contribution in [2.24, 2.45) is 9.98 Å². The van der Waals surface area contributed by atoms with E-state index in [0.29, 0.717) is 12.5 Å². The molecule has 0 saturated carbocycles. The van der Waals surface area contributed by atoms with E-state index in [4.69, 9.17) is 0 Å². The van der Waals surface area contributed by atoms with Crippen molar-refractivity contribution in [3.05, 3.63) is 34.1 Å². The molecule has 1 aromatic carbocycles. The number of benzene rings is 1. The first-order valence-corrected chi connectivity index (χ1v) is 4.46. The van der Waals surface area contributed by atoms with Gasteiger partial charge in [-0.05, 0) is 12.1 Å². The van der Waals surface area contributed by atoms with Crippen LogP contribution in [0.3, 0.4) is 0 Å². The fourth-order valence-corrected chi connectivity index (χ4v) is 1.22. The summed E-state index contributed by atoms with van der Waals surface area (Å²) in [4.78, 5) is 17.6. The van der Waals surface area contributed by atoms with Crippen molar-refractivity contribution in [1.29, 1.82) is 0 Å². The number of hydrogen-bond acceptors (Lipinski definition) is 3. The van der Waals surface area contributed by atoms with E-state index < -0.39 is 16.4 Å². The van der Waals surface area contributed by atoms with Crippen molar-refractivity contribution in [1.82, 2.24) is 5.32 Å². The van der Waals surface area contributed by atoms with Gasteiger partial charge in [0.25, 0.3) is 0 Å². The minimum atomic E-state index is -0.878. The molecule has 1 aliphatic heterocycles. The van der Waals surface area contributed by atoms with Crippen LogP contribution < -0.4 is 5.32 Å². The Morgan fingerprint density at radius 1 is 1.56 bits per heavy atom. The van der Waals surface area contributed by atoms with E-state index in [2.05, 4.69) is 15.3 Å². The van der Waals surface area contributed by atoms with E-state index in [1.54, 1.807) is 6.21 Å². The highest BCUT2D eigenvalue weighted by Gasteiger charge is 2.14. The molecule has 0 saturated heterocycles. The lowest BCUT2D eigenvalue weighted by molar-refractivity contribution is -0.387. The maximum atomic E-state index is 13.0. The Kier molecular flexibility index (Phi) is 2.59. The average molecular weight is 222 g/mol. The molecule has 1 aromatic rings. The van der Waals surface area contributed by atoms with Crippen LogP contribution in [0.15, 0.2) is 28.2 Å². The maximum Gasteiger partial charge on any atom is 0.306 e. The third-order valence-electron chi connectivity index (χ3n) is 1.93. The molecule has 1 heterocycles. The van der Waals surface area contributed by atoms with Gasteiger partial charge in [0, 0.05) is 12.3 Å². The minimum Gasteiger partial charge on any atom is -0.349 e. The molecule has 0 aromatic heterocycles. The normalized spacial score (nSPS) is 16.4. The first-order chi connectivity index (χ1) is 7.66. The second-order valence-electron chi connectivity index (χ2n) is 3.02. The molecule has 82 valence electrons. The number of halogens is 1. The molecule has 0 bridgehead atoms. The molecule has 0 amide bonds. The first-order valence-electron chi connectivity index (χ1n) is 4.46. The quantitative estimate of drug-likeness (QED) is 0.606. The molecule has 0 aliphatic carbocycles. The van der Waals surface area contributed by atoms with E-state index in [1.165, 1.54) is 6.07 Å². The van der Waals surface area contributed by atoms with Crippen molar-refractivity contribution in [3.8, 4) is 0 Å². The van der Waals surface area contributed by atoms with Crippen LogP contribution in [-0.2, 0) is 0 Å². The van der Waals surface area contributed by atoms with Crippen LogP contribution in [0.4, 0.5) is 15.8 Å². The fourth-order valence-electron chi connectivity index (χ4n) is 1.22. The smallest absolute Gasteiger partial charge is 0.306 e. The zero-order valence-corrected chi connectivity index (χ0v) is 8.05. The summed E-state index contributed by atoms with van der Waals surface area (Å²) in [5, 5.41) is 13.3. The predicted octanol–water partition coefficient (Wildman–Crippen LogP) is 1.40. The maximum absolute atomic E-state index is 13.0. The Balaban J connectivity index is 2.36. The average Bonchev–Trinajstić information content (AvgIpc) is 2.73. The summed E-state index contributed by atoms with van der Waals surface area (Å²) >= 11 is 0. The van der Waals surface area contributed by atoms with Gasteiger partial charge in [-0.15, -0.1) is 0 Å². The number of rotatable bonds is 2. The Bertz CT molecular complexity index is 498. The first kappa shape index (κ1) is 10.2. The van der Waals surface area contributed by atoms with Gasteiger partial charge in [-0.25, -0.2) is 9.98 Å². The van der Waals surface area contributed by atoms with Crippen molar-refractivity contribution in [2.75, 3.05) is 6.54 Å². The number of aliphatic imine (C=N–C) groups is 2. The van der Waals surface area contributed by atoms with Gasteiger partial charge >= 0.3 is 5.69 Å². The minimum absolute atomic E-state index is 0.287. The van der Waals surface area contributed by atoms with Crippen LogP contribution in [0, 0.1) is 15.9 Å². The molecule has 0 fully saturated rings. The summed E-state index contributed by atoms with van der Waals surface area (Å²) in [5.41, 5.74) is -0.307. The van der Waals surface area contributed by atoms with E-state index in [1.807, 2.05) is 0 Å². The molecule has 7 heteroatoms. The van der Waals surface area contributed by atoms with Crippen molar-refractivity contribution < 1.29 is 9.31 Å². The number of nitro benzene ring substituents is 1. The standard InChI is InChI=1S/C9H7FN4O2/c10-7-2-1-6(5-8(7)14(15)16)13-9-11-3-4-12-9/h1-3,5H,4H2,(H,12,13). The highest BCUT2D eigenvalue weighted by molar-refractivity contribution is 5.95. The SMILES string of the molecule is O=[N+]([O-])c1cc(N=C2N=CCN2)ccc1F. The zero-order valence-electron chi connectivity index (χ0n) is 8.05. The van der Waals surface area contributed by atoms with Gasteiger partial charge in [-0.1, -0.05) is 0 Å². The third kappa shape index (κ3) is 2.02. The van der Waals surface area contributed by atoms with Gasteiger partial charge in [0.15, 0.2) is 0 Å². The van der Waals surface area contributed by atoms with Gasteiger partial charge in [0.1, 0.15) is 0 Å². The molecule has 0 radical (unpaired) electrons. The number of nitrogens with zero attached hydrogens (tertiary/aromatic N) is 3. The fraction of sp³-hybridized carbons (Fsp3) is 0.111. The summed E-state index contributed by atoms with van der Waals surface area (Å²) in [5.74, 6) is -0.516. The highest BCUT2D eigenvalue weighted by atomic mass is 19.1. The Morgan fingerprint density at radius 3 is 3.00 bits per heavy atom. The predicted molar refractivity (Wildman–Crippen MR) is 56.6 cm³/mol. The molecule has 0 atom stereocenters. The molecule has 6 nitrogen and oxygen atoms in total. The molecule has 1 aliphatic rings. The molecule has 0 unspecified atom stereocenters. The molecule has 0 spiro atoms. The van der Waals surface area contributed by atoms with Gasteiger partial charge in [-0.2, -0.15) is 4.39 Å². The summed E-state index contributed by atoms with van der Waals surface area (Å²) in [6, 6.07) is 3.43. The van der Waals surface area contributed by atoms with Crippen LogP contribution in [0.1, 0.15) is 0 Å². The van der Waals surface area contributed by atoms with Gasteiger partial charge in [0.05, 0.1) is 17.2 Å². The third-order valence-corrected chi connectivity index (χ3v) is 1.93. The number of hydrogen-bond donors (Lipinski definition) is 1. The van der Waals surface area contributed by atoms with Crippen LogP contribution in [0.5, 0.6) is 0 Å². The lowest BCUT2D eigenvalue weighted by atomic mass is 10.3. The van der Waals surface area contributed by atoms with E-state index >= 15 is 0 Å². The lowest BCUT2D eigenvalue weighted by Gasteiger charge is -1.98. The van der Waals surface area contributed by atoms with Gasteiger partial charge in [0.2, 0.25) is 11.8 Å². The topological polar surface area (TPSA) is 79.9 Å². The summed E-state index contributed by atoms with van der Waals surface area (Å²) < 4.78 is 13.0. The number of guanidine groups is 1. The van der Waals surface area contributed by atoms with Crippen LogP contribution >= 0.6 is 0 Å². The molecular formula is C9H7FN4O2. The number of nitrogens with one attached hydrogen (secondary N) is 1. The van der Waals surface area contributed by atoms with E-state index in [9.17, 15) is 14.5 Å². The zero-order chi connectivity index (χ0) is 11.5. The Morgan fingerprint density at radius 2 is 2.38 bits per heavy atom. The Hall–Kier alpha value is -2.31. The summed E-state index contributed by atoms with van der Waals surface area (Å²) in [6.45, 7) is 0.572. The van der Waals surface area contributed by atoms with Crippen LogP contribution in [0.2, 0.25) is 0 Å². The Labute approximate surface area is 89.7 Å². The van der Waals surface area contributed by atoms with Gasteiger partial charge in [-0.3, -0.25) is 10.1 Å². The lowest BCUT2D eigenvalue weighted by Crippen LogP contribution is -2.15. The second kappa shape index (κ2) is 4.05. The summed E-state index contributed by atoms with van der Waals surface area (Å²) in [6.07, 6.45) is 1.62.